The van der Waals surface area contributed by atoms with Crippen LogP contribution in [0.5, 0.6) is 5.75 Å². The van der Waals surface area contributed by atoms with Gasteiger partial charge in [-0.3, -0.25) is 9.59 Å². The van der Waals surface area contributed by atoms with Crippen molar-refractivity contribution in [3.63, 3.8) is 0 Å². The van der Waals surface area contributed by atoms with Crippen LogP contribution in [-0.2, 0) is 11.2 Å². The van der Waals surface area contributed by atoms with Gasteiger partial charge in [0.1, 0.15) is 28.8 Å². The second-order valence-electron chi connectivity index (χ2n) is 8.43. The van der Waals surface area contributed by atoms with Crippen molar-refractivity contribution in [3.05, 3.63) is 71.3 Å². The molecule has 0 radical (unpaired) electrons. The molecule has 1 aliphatic heterocycles. The number of ether oxygens (including phenoxy) is 2. The molecule has 1 atom stereocenters. The van der Waals surface area contributed by atoms with Crippen LogP contribution >= 0.6 is 0 Å². The molecule has 1 saturated heterocycles. The molecule has 36 heavy (non-hydrogen) atoms. The minimum absolute atomic E-state index is 0.0745. The number of rotatable bonds is 8. The van der Waals surface area contributed by atoms with Crippen molar-refractivity contribution in [2.45, 2.75) is 19.3 Å². The Labute approximate surface area is 208 Å². The van der Waals surface area contributed by atoms with Gasteiger partial charge in [-0.05, 0) is 48.9 Å². The van der Waals surface area contributed by atoms with Gasteiger partial charge in [-0.25, -0.2) is 14.4 Å². The normalized spacial score (nSPS) is 15.1. The smallest absolute Gasteiger partial charge is 0.262 e. The Morgan fingerprint density at radius 3 is 2.67 bits per heavy atom. The number of carbonyl (C=O) groups excluding carboxylic acids is 2. The predicted octanol–water partition coefficient (Wildman–Crippen LogP) is 3.95. The van der Waals surface area contributed by atoms with E-state index in [4.69, 9.17) is 9.47 Å². The van der Waals surface area contributed by atoms with Crippen LogP contribution in [0.1, 0.15) is 39.1 Å². The third-order valence-corrected chi connectivity index (χ3v) is 5.91. The first-order valence-electron chi connectivity index (χ1n) is 11.6. The molecule has 10 heteroatoms. The second-order valence-corrected chi connectivity index (χ2v) is 8.43. The number of pyridine rings is 2. The zero-order chi connectivity index (χ0) is 25.5. The van der Waals surface area contributed by atoms with E-state index in [-0.39, 0.29) is 22.6 Å². The van der Waals surface area contributed by atoms with Gasteiger partial charge >= 0.3 is 0 Å². The summed E-state index contributed by atoms with van der Waals surface area (Å²) >= 11 is 0. The third-order valence-electron chi connectivity index (χ3n) is 5.91. The number of nitrogens with one attached hydrogen (secondary N) is 3. The van der Waals surface area contributed by atoms with E-state index in [9.17, 15) is 14.0 Å². The molecule has 2 aromatic heterocycles. The second kappa shape index (κ2) is 11.6. The zero-order valence-corrected chi connectivity index (χ0v) is 20.1. The van der Waals surface area contributed by atoms with Gasteiger partial charge in [0.25, 0.3) is 11.8 Å². The first kappa shape index (κ1) is 25.1. The molecule has 1 unspecified atom stereocenters. The highest BCUT2D eigenvalue weighted by Crippen LogP contribution is 2.26. The number of halogens is 1. The number of nitrogens with zero attached hydrogens (tertiary/aromatic N) is 2. The standard InChI is InChI=1S/C26H28FN5O4/c1-28-25(33)18-14-30-23(12-20(18)31-26(34)24-19(27)6-3-7-21(24)35-2)32-22-9-8-16(13-29-22)11-17-5-4-10-36-15-17/h3,6-9,12-14,17H,4-5,10-11,15H2,1-2H3,(H,28,33)(H2,29,30,31,32,34). The molecule has 2 amide bonds. The number of aromatic nitrogens is 2. The van der Waals surface area contributed by atoms with E-state index in [1.54, 1.807) is 0 Å². The Kier molecular flexibility index (Phi) is 8.06. The van der Waals surface area contributed by atoms with Gasteiger partial charge in [-0.2, -0.15) is 0 Å². The maximum Gasteiger partial charge on any atom is 0.262 e. The molecule has 1 aromatic carbocycles. The molecule has 9 nitrogen and oxygen atoms in total. The van der Waals surface area contributed by atoms with Crippen LogP contribution in [0.15, 0.2) is 48.8 Å². The summed E-state index contributed by atoms with van der Waals surface area (Å²) in [7, 11) is 2.81. The van der Waals surface area contributed by atoms with Gasteiger partial charge in [0.05, 0.1) is 18.4 Å². The van der Waals surface area contributed by atoms with Crippen molar-refractivity contribution in [2.24, 2.45) is 5.92 Å². The average molecular weight is 494 g/mol. The van der Waals surface area contributed by atoms with E-state index >= 15 is 0 Å². The Bertz CT molecular complexity index is 1230. The lowest BCUT2D eigenvalue weighted by Gasteiger charge is -2.21. The van der Waals surface area contributed by atoms with Gasteiger partial charge in [0.15, 0.2) is 0 Å². The van der Waals surface area contributed by atoms with Crippen LogP contribution in [-0.4, -0.2) is 49.2 Å². The summed E-state index contributed by atoms with van der Waals surface area (Å²) in [5, 5.41) is 8.19. The number of hydrogen-bond donors (Lipinski definition) is 3. The predicted molar refractivity (Wildman–Crippen MR) is 133 cm³/mol. The van der Waals surface area contributed by atoms with Crippen molar-refractivity contribution < 1.29 is 23.5 Å². The van der Waals surface area contributed by atoms with E-state index in [2.05, 4.69) is 25.9 Å². The minimum Gasteiger partial charge on any atom is -0.496 e. The Morgan fingerprint density at radius 1 is 1.14 bits per heavy atom. The summed E-state index contributed by atoms with van der Waals surface area (Å²) in [6.07, 6.45) is 6.27. The molecular weight excluding hydrogens is 465 g/mol. The highest BCUT2D eigenvalue weighted by atomic mass is 19.1. The van der Waals surface area contributed by atoms with Crippen molar-refractivity contribution >= 4 is 29.1 Å². The van der Waals surface area contributed by atoms with Crippen molar-refractivity contribution in [1.82, 2.24) is 15.3 Å². The van der Waals surface area contributed by atoms with E-state index in [1.807, 2.05) is 18.3 Å². The number of benzene rings is 1. The molecule has 3 heterocycles. The molecule has 3 aromatic rings. The molecule has 1 fully saturated rings. The quantitative estimate of drug-likeness (QED) is 0.435. The fourth-order valence-corrected chi connectivity index (χ4v) is 4.07. The fraction of sp³-hybridized carbons (Fsp3) is 0.308. The number of anilines is 3. The molecule has 4 rings (SSSR count). The Hall–Kier alpha value is -4.05. The topological polar surface area (TPSA) is 114 Å². The zero-order valence-electron chi connectivity index (χ0n) is 20.1. The summed E-state index contributed by atoms with van der Waals surface area (Å²) < 4.78 is 25.1. The summed E-state index contributed by atoms with van der Waals surface area (Å²) in [5.74, 6) is -0.500. The fourth-order valence-electron chi connectivity index (χ4n) is 4.07. The van der Waals surface area contributed by atoms with Gasteiger partial charge in [0.2, 0.25) is 0 Å². The first-order valence-corrected chi connectivity index (χ1v) is 11.6. The highest BCUT2D eigenvalue weighted by Gasteiger charge is 2.21. The highest BCUT2D eigenvalue weighted by molar-refractivity contribution is 6.10. The van der Waals surface area contributed by atoms with Crippen LogP contribution in [0, 0.1) is 11.7 Å². The summed E-state index contributed by atoms with van der Waals surface area (Å²) in [6, 6.07) is 9.41. The van der Waals surface area contributed by atoms with Crippen LogP contribution in [0.2, 0.25) is 0 Å². The summed E-state index contributed by atoms with van der Waals surface area (Å²) in [6.45, 7) is 1.61. The van der Waals surface area contributed by atoms with Crippen LogP contribution in [0.4, 0.5) is 21.7 Å². The Morgan fingerprint density at radius 2 is 1.97 bits per heavy atom. The number of carbonyl (C=O) groups is 2. The van der Waals surface area contributed by atoms with Crippen molar-refractivity contribution in [1.29, 1.82) is 0 Å². The van der Waals surface area contributed by atoms with E-state index in [0.29, 0.717) is 17.6 Å². The number of amides is 2. The first-order chi connectivity index (χ1) is 17.5. The summed E-state index contributed by atoms with van der Waals surface area (Å²) in [4.78, 5) is 34.0. The van der Waals surface area contributed by atoms with Crippen molar-refractivity contribution in [3.8, 4) is 5.75 Å². The van der Waals surface area contributed by atoms with Crippen LogP contribution < -0.4 is 20.7 Å². The molecule has 1 aliphatic rings. The monoisotopic (exact) mass is 493 g/mol. The number of methoxy groups -OCH3 is 1. The molecule has 3 N–H and O–H groups in total. The molecular formula is C26H28FN5O4. The van der Waals surface area contributed by atoms with Gasteiger partial charge in [0, 0.05) is 38.7 Å². The van der Waals surface area contributed by atoms with Gasteiger partial charge in [-0.15, -0.1) is 0 Å². The minimum atomic E-state index is -0.763. The van der Waals surface area contributed by atoms with Crippen LogP contribution in [0.25, 0.3) is 0 Å². The lowest BCUT2D eigenvalue weighted by Crippen LogP contribution is -2.22. The largest absolute Gasteiger partial charge is 0.496 e. The maximum absolute atomic E-state index is 14.4. The van der Waals surface area contributed by atoms with E-state index < -0.39 is 17.6 Å². The van der Waals surface area contributed by atoms with Gasteiger partial charge in [-0.1, -0.05) is 12.1 Å². The number of hydrogen-bond acceptors (Lipinski definition) is 7. The summed E-state index contributed by atoms with van der Waals surface area (Å²) in [5.41, 5.74) is 1.11. The van der Waals surface area contributed by atoms with Crippen LogP contribution in [0.3, 0.4) is 0 Å². The van der Waals surface area contributed by atoms with E-state index in [0.717, 1.165) is 44.1 Å². The van der Waals surface area contributed by atoms with Crippen molar-refractivity contribution in [2.75, 3.05) is 38.0 Å². The molecule has 188 valence electrons. The lowest BCUT2D eigenvalue weighted by molar-refractivity contribution is 0.0550. The van der Waals surface area contributed by atoms with E-state index in [1.165, 1.54) is 38.6 Å². The molecule has 0 saturated carbocycles. The van der Waals surface area contributed by atoms with Gasteiger partial charge < -0.3 is 25.4 Å². The lowest BCUT2D eigenvalue weighted by atomic mass is 9.95. The third kappa shape index (κ3) is 5.95. The molecule has 0 bridgehead atoms. The molecule has 0 aliphatic carbocycles. The molecule has 0 spiro atoms. The Balaban J connectivity index is 1.53. The average Bonchev–Trinajstić information content (AvgIpc) is 2.90. The SMILES string of the molecule is CNC(=O)c1cnc(Nc2ccc(CC3CCCOC3)cn2)cc1NC(=O)c1c(F)cccc1OC. The maximum atomic E-state index is 14.4.